The van der Waals surface area contributed by atoms with Crippen molar-refractivity contribution in [3.05, 3.63) is 0 Å². The van der Waals surface area contributed by atoms with Gasteiger partial charge in [0.15, 0.2) is 0 Å². The molecule has 2 saturated carbocycles. The molecule has 0 aromatic carbocycles. The lowest BCUT2D eigenvalue weighted by molar-refractivity contribution is -0.126. The predicted molar refractivity (Wildman–Crippen MR) is 70.9 cm³/mol. The molecule has 92 valence electrons. The summed E-state index contributed by atoms with van der Waals surface area (Å²) in [4.78, 5) is 12.2. The molecule has 2 fully saturated rings. The molecule has 0 aliphatic heterocycles. The Hall–Kier alpha value is 0.0200. The molecule has 0 unspecified atom stereocenters. The summed E-state index contributed by atoms with van der Waals surface area (Å²) < 4.78 is 0.338. The van der Waals surface area contributed by atoms with Crippen LogP contribution >= 0.6 is 11.8 Å². The number of carbonyl (C=O) groups is 1. The third-order valence-electron chi connectivity index (χ3n) is 4.32. The van der Waals surface area contributed by atoms with Crippen molar-refractivity contribution in [2.45, 2.75) is 69.5 Å². The first-order valence-corrected chi connectivity index (χ1v) is 7.94. The lowest BCUT2D eigenvalue weighted by atomic mass is 9.72. The van der Waals surface area contributed by atoms with Crippen molar-refractivity contribution in [3.63, 3.8) is 0 Å². The van der Waals surface area contributed by atoms with Gasteiger partial charge in [0.2, 0.25) is 0 Å². The van der Waals surface area contributed by atoms with Gasteiger partial charge in [-0.05, 0) is 31.4 Å². The van der Waals surface area contributed by atoms with Gasteiger partial charge in [0.25, 0.3) is 0 Å². The monoisotopic (exact) mass is 240 g/mol. The van der Waals surface area contributed by atoms with Crippen LogP contribution in [0.25, 0.3) is 0 Å². The first kappa shape index (κ1) is 12.5. The summed E-state index contributed by atoms with van der Waals surface area (Å²) in [5.41, 5.74) is 0. The Balaban J connectivity index is 2.12. The van der Waals surface area contributed by atoms with Crippen LogP contribution in [0.3, 0.4) is 0 Å². The number of carbonyl (C=O) groups excluding carboxylic acids is 1. The molecule has 0 N–H and O–H groups in total. The Kier molecular flexibility index (Phi) is 4.34. The van der Waals surface area contributed by atoms with Gasteiger partial charge in [-0.1, -0.05) is 32.6 Å². The fraction of sp³-hybridized carbons (Fsp3) is 0.929. The highest BCUT2D eigenvalue weighted by atomic mass is 32.2. The number of hydrogen-bond acceptors (Lipinski definition) is 2. The average Bonchev–Trinajstić information content (AvgIpc) is 2.31. The summed E-state index contributed by atoms with van der Waals surface area (Å²) in [5.74, 6) is 2.14. The maximum absolute atomic E-state index is 12.2. The van der Waals surface area contributed by atoms with Crippen molar-refractivity contribution in [2.75, 3.05) is 5.75 Å². The smallest absolute Gasteiger partial charge is 0.137 e. The molecule has 2 heteroatoms. The molecule has 2 rings (SSSR count). The average molecular weight is 240 g/mol. The molecule has 2 aliphatic carbocycles. The lowest BCUT2D eigenvalue weighted by Gasteiger charge is -2.44. The molecule has 0 spiro atoms. The minimum atomic E-state index is 0.338. The molecule has 0 heterocycles. The molecule has 0 saturated heterocycles. The number of Topliss-reactive ketones (excluding diaryl/α,β-unsaturated/α-hetero) is 1. The van der Waals surface area contributed by atoms with Crippen LogP contribution < -0.4 is 0 Å². The first-order chi connectivity index (χ1) is 7.78. The van der Waals surface area contributed by atoms with Gasteiger partial charge in [-0.15, -0.1) is 0 Å². The summed E-state index contributed by atoms with van der Waals surface area (Å²) in [6.45, 7) is 2.24. The zero-order valence-electron chi connectivity index (χ0n) is 10.5. The van der Waals surface area contributed by atoms with E-state index < -0.39 is 0 Å². The Morgan fingerprint density at radius 3 is 2.56 bits per heavy atom. The highest BCUT2D eigenvalue weighted by Crippen LogP contribution is 2.48. The minimum Gasteiger partial charge on any atom is -0.299 e. The van der Waals surface area contributed by atoms with E-state index in [0.717, 1.165) is 12.8 Å². The van der Waals surface area contributed by atoms with Crippen LogP contribution in [0.15, 0.2) is 0 Å². The third kappa shape index (κ3) is 2.47. The lowest BCUT2D eigenvalue weighted by Crippen LogP contribution is -2.42. The van der Waals surface area contributed by atoms with E-state index in [1.54, 1.807) is 0 Å². The Bertz CT molecular complexity index is 238. The van der Waals surface area contributed by atoms with Crippen LogP contribution in [0.1, 0.15) is 64.7 Å². The van der Waals surface area contributed by atoms with Gasteiger partial charge in [0, 0.05) is 17.1 Å². The molecule has 0 amide bonds. The van der Waals surface area contributed by atoms with Crippen LogP contribution in [0.5, 0.6) is 0 Å². The third-order valence-corrected chi connectivity index (χ3v) is 5.88. The second-order valence-electron chi connectivity index (χ2n) is 5.32. The molecule has 1 atom stereocenters. The van der Waals surface area contributed by atoms with E-state index in [4.69, 9.17) is 0 Å². The van der Waals surface area contributed by atoms with Crippen LogP contribution in [0.4, 0.5) is 0 Å². The van der Waals surface area contributed by atoms with Gasteiger partial charge in [-0.2, -0.15) is 11.8 Å². The van der Waals surface area contributed by atoms with Crippen molar-refractivity contribution in [1.82, 2.24) is 0 Å². The molecule has 16 heavy (non-hydrogen) atoms. The fourth-order valence-electron chi connectivity index (χ4n) is 3.57. The molecule has 0 bridgehead atoms. The van der Waals surface area contributed by atoms with E-state index in [2.05, 4.69) is 18.7 Å². The van der Waals surface area contributed by atoms with Crippen LogP contribution in [0, 0.1) is 5.92 Å². The Labute approximate surface area is 104 Å². The number of ketones is 1. The van der Waals surface area contributed by atoms with Gasteiger partial charge in [0.05, 0.1) is 0 Å². The highest BCUT2D eigenvalue weighted by molar-refractivity contribution is 8.00. The molecule has 2 aliphatic rings. The maximum atomic E-state index is 12.2. The van der Waals surface area contributed by atoms with E-state index in [0.29, 0.717) is 16.4 Å². The predicted octanol–water partition coefficient (Wildman–Crippen LogP) is 4.20. The zero-order chi connectivity index (χ0) is 11.4. The van der Waals surface area contributed by atoms with Gasteiger partial charge in [-0.25, -0.2) is 0 Å². The standard InChI is InChI=1S/C14H24OS/c1-2-16-14(10-6-3-7-11-14)12-8-4-5-9-13(12)15/h12H,2-11H2,1H3/t12-/m0/s1. The van der Waals surface area contributed by atoms with Crippen molar-refractivity contribution >= 4 is 17.5 Å². The van der Waals surface area contributed by atoms with Crippen LogP contribution in [-0.2, 0) is 4.79 Å². The zero-order valence-corrected chi connectivity index (χ0v) is 11.3. The van der Waals surface area contributed by atoms with Gasteiger partial charge in [0.1, 0.15) is 5.78 Å². The van der Waals surface area contributed by atoms with Gasteiger partial charge in [-0.3, -0.25) is 4.79 Å². The van der Waals surface area contributed by atoms with Crippen molar-refractivity contribution in [1.29, 1.82) is 0 Å². The summed E-state index contributed by atoms with van der Waals surface area (Å²) in [5, 5.41) is 0. The Morgan fingerprint density at radius 2 is 1.94 bits per heavy atom. The summed E-state index contributed by atoms with van der Waals surface area (Å²) in [6.07, 6.45) is 11.1. The van der Waals surface area contributed by atoms with Gasteiger partial charge < -0.3 is 0 Å². The quantitative estimate of drug-likeness (QED) is 0.735. The largest absolute Gasteiger partial charge is 0.299 e. The topological polar surface area (TPSA) is 17.1 Å². The molecule has 0 aromatic rings. The second kappa shape index (κ2) is 5.57. The number of thioether (sulfide) groups is 1. The number of hydrogen-bond donors (Lipinski definition) is 0. The van der Waals surface area contributed by atoms with E-state index in [-0.39, 0.29) is 0 Å². The first-order valence-electron chi connectivity index (χ1n) is 6.95. The summed E-state index contributed by atoms with van der Waals surface area (Å²) in [6, 6.07) is 0. The van der Waals surface area contributed by atoms with Crippen LogP contribution in [0.2, 0.25) is 0 Å². The molecular formula is C14H24OS. The minimum absolute atomic E-state index is 0.338. The van der Waals surface area contributed by atoms with E-state index in [1.807, 2.05) is 0 Å². The van der Waals surface area contributed by atoms with Crippen molar-refractivity contribution in [3.8, 4) is 0 Å². The van der Waals surface area contributed by atoms with Crippen molar-refractivity contribution in [2.24, 2.45) is 5.92 Å². The summed E-state index contributed by atoms with van der Waals surface area (Å²) in [7, 11) is 0. The van der Waals surface area contributed by atoms with E-state index >= 15 is 0 Å². The highest BCUT2D eigenvalue weighted by Gasteiger charge is 2.43. The molecular weight excluding hydrogens is 216 g/mol. The van der Waals surface area contributed by atoms with Crippen molar-refractivity contribution < 1.29 is 4.79 Å². The van der Waals surface area contributed by atoms with E-state index in [9.17, 15) is 4.79 Å². The Morgan fingerprint density at radius 1 is 1.19 bits per heavy atom. The molecule has 0 aromatic heterocycles. The normalized spacial score (nSPS) is 30.3. The fourth-order valence-corrected chi connectivity index (χ4v) is 5.17. The number of rotatable bonds is 3. The van der Waals surface area contributed by atoms with Crippen LogP contribution in [-0.4, -0.2) is 16.3 Å². The molecule has 1 nitrogen and oxygen atoms in total. The SMILES string of the molecule is CCSC1([C@H]2CCCCC2=O)CCCCC1. The second-order valence-corrected chi connectivity index (χ2v) is 7.00. The van der Waals surface area contributed by atoms with Gasteiger partial charge >= 0.3 is 0 Å². The maximum Gasteiger partial charge on any atom is 0.137 e. The molecule has 0 radical (unpaired) electrons. The van der Waals surface area contributed by atoms with E-state index in [1.165, 1.54) is 50.7 Å². The summed E-state index contributed by atoms with van der Waals surface area (Å²) >= 11 is 2.09.